The molecule has 6 N–H and O–H groups in total. The third-order valence-corrected chi connectivity index (χ3v) is 23.8. The molecule has 0 heterocycles. The second-order valence-corrected chi connectivity index (χ2v) is 35.3. The van der Waals surface area contributed by atoms with Gasteiger partial charge in [-0.1, -0.05) is 344 Å². The Morgan fingerprint density at radius 1 is 0.242 bits per heavy atom. The molecular formula is C100H143Ir6N3O6P5-2. The van der Waals surface area contributed by atoms with Crippen molar-refractivity contribution in [1.82, 2.24) is 14.0 Å². The van der Waals surface area contributed by atoms with E-state index >= 15 is 0 Å². The zero-order valence-electron chi connectivity index (χ0n) is 73.0. The Hall–Kier alpha value is -2.89. The Morgan fingerprint density at radius 2 is 0.358 bits per heavy atom. The largest absolute Gasteiger partial charge is 3.00 e. The fraction of sp³-hybridized carbons (Fsp3) is 0.240. The summed E-state index contributed by atoms with van der Waals surface area (Å²) in [6.45, 7) is 25.0. The third-order valence-electron chi connectivity index (χ3n) is 17.5. The molecule has 3 radical (unpaired) electrons. The van der Waals surface area contributed by atoms with E-state index in [1.807, 2.05) is 203 Å². The van der Waals surface area contributed by atoms with Crippen molar-refractivity contribution < 1.29 is 150 Å². The molecule has 0 saturated heterocycles. The smallest absolute Gasteiger partial charge is 3.00 e. The maximum absolute atomic E-state index is 9.82. The molecule has 9 aromatic carbocycles. The minimum absolute atomic E-state index is 0. The van der Waals surface area contributed by atoms with Gasteiger partial charge in [-0.25, -0.2) is 29.4 Å². The van der Waals surface area contributed by atoms with Crippen LogP contribution in [0.3, 0.4) is 0 Å². The van der Waals surface area contributed by atoms with Gasteiger partial charge in [0, 0.05) is 80.3 Å². The Bertz CT molecular complexity index is 3250. The van der Waals surface area contributed by atoms with Crippen LogP contribution < -0.4 is 15.9 Å². The fourth-order valence-electron chi connectivity index (χ4n) is 11.8. The van der Waals surface area contributed by atoms with Crippen LogP contribution in [-0.4, -0.2) is 63.4 Å². The topological polar surface area (TPSA) is 131 Å². The molecule has 12 rings (SSSR count). The molecule has 675 valence electrons. The van der Waals surface area contributed by atoms with E-state index in [1.54, 1.807) is 14.0 Å². The first-order chi connectivity index (χ1) is 52.0. The molecule has 9 aromatic rings. The summed E-state index contributed by atoms with van der Waals surface area (Å²) in [5.41, 5.74) is 6.05. The van der Waals surface area contributed by atoms with Crippen molar-refractivity contribution in [2.45, 2.75) is 134 Å². The first-order valence-electron chi connectivity index (χ1n) is 37.6. The average Bonchev–Trinajstić information content (AvgIpc) is 0.850. The summed E-state index contributed by atoms with van der Waals surface area (Å²) < 4.78 is 5.03. The molecule has 0 spiro atoms. The van der Waals surface area contributed by atoms with Gasteiger partial charge in [0.05, 0.1) is 26.0 Å². The molecule has 0 aliphatic heterocycles. The average molecular weight is 2790 g/mol. The van der Waals surface area contributed by atoms with Crippen molar-refractivity contribution in [1.29, 1.82) is 0 Å². The minimum Gasteiger partial charge on any atom is -3.00 e. The first-order valence-corrected chi connectivity index (χ1v) is 46.1. The van der Waals surface area contributed by atoms with Crippen LogP contribution in [0.15, 0.2) is 346 Å². The van der Waals surface area contributed by atoms with E-state index in [4.69, 9.17) is 0 Å². The first kappa shape index (κ1) is 135. The number of hydrogen-bond donors (Lipinski definition) is 6. The SMILES string of the molecule is C1=CCC/C=C\CC1.C1=CCC/C=C\CC1.C1=CCC/C=C\CC1.C[PH+](C)C.[CH2-]C(c1ccccc1)N([C@@H](C)c1ccccc1)[PH+](O)O.[CH2-]C(c1ccccc1)N([C@@H](C)c1ccccc1)[PH+](O)O.[CH2-]C(c1ccccc1)N([C@@H](C)c1ccccc1)[PH+](O)O.[CH3-].[CH3-].[CH3-].[CH3-].[CH3-].[CH3-].[CH3-].[Ir+3].[Ir+3].[Ir-3].[Ir].[Ir].[Ir].c1ccc([PH+](c2ccccc2)c2ccccc2)cc1. The van der Waals surface area contributed by atoms with E-state index in [2.05, 4.69) is 205 Å². The van der Waals surface area contributed by atoms with Crippen LogP contribution in [0.4, 0.5) is 0 Å². The molecule has 6 atom stereocenters. The Labute approximate surface area is 819 Å². The number of hydrogen-bond acceptors (Lipinski definition) is 9. The van der Waals surface area contributed by atoms with Gasteiger partial charge in [-0.3, -0.25) is 0 Å². The minimum atomic E-state index is -2.59. The molecule has 3 aliphatic carbocycles. The summed E-state index contributed by atoms with van der Waals surface area (Å²) in [6, 6.07) is 89.8. The van der Waals surface area contributed by atoms with Crippen LogP contribution in [0.25, 0.3) is 0 Å². The van der Waals surface area contributed by atoms with E-state index in [-0.39, 0.29) is 217 Å². The number of benzene rings is 9. The summed E-state index contributed by atoms with van der Waals surface area (Å²) in [5, 5.41) is 4.31. The number of rotatable bonds is 18. The van der Waals surface area contributed by atoms with Gasteiger partial charge >= 0.3 is 65.8 Å². The summed E-state index contributed by atoms with van der Waals surface area (Å²) in [6.07, 6.45) is 42.0. The number of allylic oxidation sites excluding steroid dienone is 12. The standard InChI is InChI=1S/C18H15P.3C16H19NO2P.3C8H12.C3H9P.7CH3.6Ir/c1-4-10-16(11-5-1)19(17-12-6-2-7-13-17)18-14-8-3-9-15-18;3*1-13(15-9-5-3-6-10-15)17(20(18)19)14(2)16-11-7-4-8-12-16;3*1-2-4-6-8-7-5-3-1;1-4(2)3;;;;;;;;;;;;;/h1-15H;3*3-14,18-19H,1H2,2H3;3*1-2,7-8H,3-6H2;1-3H3;7*1H3;;;;;;/q;3*-1;;;;;7*-1;;;;-3;2*+3/p+5/b;;;;3*2-1-,8-7?;;;;;;;;;;;;;;/t;3*13?,14-;;;;;;;;;;;;;;;;;/m.000................./s1. The molecule has 0 bridgehead atoms. The molecular weight excluding hydrogens is 2650 g/mol. The molecule has 3 unspecified atom stereocenters. The van der Waals surface area contributed by atoms with E-state index in [9.17, 15) is 29.4 Å². The quantitative estimate of drug-likeness (QED) is 0.0282. The Kier molecular flexibility index (Phi) is 94.9. The summed E-state index contributed by atoms with van der Waals surface area (Å²) >= 11 is 0. The molecule has 120 heavy (non-hydrogen) atoms. The van der Waals surface area contributed by atoms with Gasteiger partial charge in [-0.2, -0.15) is 0 Å². The normalized spacial score (nSPS) is 14.0. The monoisotopic (exact) mass is 2790 g/mol. The predicted molar refractivity (Wildman–Crippen MR) is 520 cm³/mol. The molecule has 0 saturated carbocycles. The second kappa shape index (κ2) is 84.3. The van der Waals surface area contributed by atoms with Crippen LogP contribution in [-0.2, 0) is 121 Å². The van der Waals surface area contributed by atoms with Crippen LogP contribution in [0, 0.1) is 72.8 Å². The number of nitrogens with zero attached hydrogens (tertiary/aromatic N) is 3. The van der Waals surface area contributed by atoms with Gasteiger partial charge in [-0.05, 0) is 159 Å². The summed E-state index contributed by atoms with van der Waals surface area (Å²) in [4.78, 5) is 58.9. The maximum atomic E-state index is 9.82. The van der Waals surface area contributed by atoms with Gasteiger partial charge in [0.15, 0.2) is 0 Å². The zero-order valence-corrected chi connectivity index (χ0v) is 92.4. The summed E-state index contributed by atoms with van der Waals surface area (Å²) in [7, 11) is -8.54. The second-order valence-electron chi connectivity index (χ2n) is 26.4. The van der Waals surface area contributed by atoms with E-state index < -0.39 is 33.5 Å². The molecule has 9 nitrogen and oxygen atoms in total. The third kappa shape index (κ3) is 55.0. The molecule has 20 heteroatoms. The van der Waals surface area contributed by atoms with Crippen LogP contribution in [0.5, 0.6) is 0 Å². The molecule has 3 aliphatic rings. The van der Waals surface area contributed by atoms with E-state index in [0.717, 1.165) is 33.4 Å². The fourth-order valence-corrected chi connectivity index (χ4v) is 17.2. The van der Waals surface area contributed by atoms with Crippen molar-refractivity contribution in [2.75, 3.05) is 20.0 Å². The van der Waals surface area contributed by atoms with E-state index in [0.29, 0.717) is 0 Å². The van der Waals surface area contributed by atoms with Crippen molar-refractivity contribution in [3.05, 3.63) is 452 Å². The van der Waals surface area contributed by atoms with Gasteiger partial charge in [0.25, 0.3) is 0 Å². The van der Waals surface area contributed by atoms with Gasteiger partial charge in [0.2, 0.25) is 0 Å². The van der Waals surface area contributed by atoms with E-state index in [1.165, 1.54) is 93.0 Å². The van der Waals surface area contributed by atoms with Crippen LogP contribution >= 0.6 is 41.4 Å². The predicted octanol–water partition coefficient (Wildman–Crippen LogP) is 26.1. The van der Waals surface area contributed by atoms with Crippen LogP contribution in [0.2, 0.25) is 0 Å². The summed E-state index contributed by atoms with van der Waals surface area (Å²) in [5.74, 6) is 0. The zero-order chi connectivity index (χ0) is 77.1. The Morgan fingerprint density at radius 3 is 0.483 bits per heavy atom. The van der Waals surface area contributed by atoms with Gasteiger partial charge < -0.3 is 92.9 Å². The van der Waals surface area contributed by atoms with Crippen LogP contribution in [0.1, 0.15) is 167 Å². The maximum Gasteiger partial charge on any atom is 3.00 e. The van der Waals surface area contributed by atoms with Gasteiger partial charge in [-0.15, -0.1) is 14.0 Å². The molecule has 0 amide bonds. The van der Waals surface area contributed by atoms with Crippen molar-refractivity contribution in [3.63, 3.8) is 0 Å². The molecule has 0 fully saturated rings. The van der Waals surface area contributed by atoms with Crippen molar-refractivity contribution >= 4 is 57.3 Å². The Balaban J connectivity index is -0.000000171. The van der Waals surface area contributed by atoms with Gasteiger partial charge in [0.1, 0.15) is 15.9 Å². The molecule has 0 aromatic heterocycles. The van der Waals surface area contributed by atoms with Crippen molar-refractivity contribution in [2.24, 2.45) is 0 Å². The van der Waals surface area contributed by atoms with Crippen molar-refractivity contribution in [3.8, 4) is 0 Å².